The molecule has 0 radical (unpaired) electrons. The second kappa shape index (κ2) is 7.86. The zero-order chi connectivity index (χ0) is 22.2. The molecule has 2 aromatic carbocycles. The van der Waals surface area contributed by atoms with Crippen molar-refractivity contribution in [2.75, 3.05) is 16.8 Å². The van der Waals surface area contributed by atoms with Gasteiger partial charge in [-0.2, -0.15) is 13.2 Å². The maximum absolute atomic E-state index is 12.9. The molecule has 0 bridgehead atoms. The van der Waals surface area contributed by atoms with Gasteiger partial charge in [0, 0.05) is 5.02 Å². The molecule has 1 unspecified atom stereocenters. The molecule has 11 heteroatoms. The topological polar surface area (TPSA) is 95.9 Å². The van der Waals surface area contributed by atoms with E-state index in [0.717, 1.165) is 23.1 Å². The van der Waals surface area contributed by atoms with E-state index < -0.39 is 47.9 Å². The molecule has 1 aliphatic rings. The summed E-state index contributed by atoms with van der Waals surface area (Å²) in [6.45, 7) is 0.763. The van der Waals surface area contributed by atoms with Crippen molar-refractivity contribution in [3.05, 3.63) is 52.5 Å². The average molecular weight is 443 g/mol. The predicted molar refractivity (Wildman–Crippen MR) is 100 cm³/mol. The number of alkyl halides is 3. The Hall–Kier alpha value is -3.27. The first kappa shape index (κ1) is 21.4. The van der Waals surface area contributed by atoms with Crippen LogP contribution in [0.2, 0.25) is 5.02 Å². The standard InChI is InChI=1S/C19H14ClF3N2O5/c1-9(30-18(29)12-7-11(20)3-5-15(12)26)17(28)25-8-16(27)24-13-6-10(19(21,22)23)2-4-14(13)25/h2-7,9,26H,8H2,1H3,(H,24,27). The van der Waals surface area contributed by atoms with Crippen LogP contribution in [0.3, 0.4) is 0 Å². The molecular weight excluding hydrogens is 429 g/mol. The van der Waals surface area contributed by atoms with Gasteiger partial charge >= 0.3 is 12.1 Å². The predicted octanol–water partition coefficient (Wildman–Crippen LogP) is 3.60. The van der Waals surface area contributed by atoms with Gasteiger partial charge < -0.3 is 15.2 Å². The number of fused-ring (bicyclic) bond motifs is 1. The molecule has 0 fully saturated rings. The number of nitrogens with zero attached hydrogens (tertiary/aromatic N) is 1. The van der Waals surface area contributed by atoms with Gasteiger partial charge in [0.25, 0.3) is 5.91 Å². The number of hydrogen-bond acceptors (Lipinski definition) is 5. The molecule has 158 valence electrons. The van der Waals surface area contributed by atoms with Gasteiger partial charge in [-0.05, 0) is 43.3 Å². The van der Waals surface area contributed by atoms with Crippen LogP contribution in [0.5, 0.6) is 5.75 Å². The van der Waals surface area contributed by atoms with Gasteiger partial charge in [0.2, 0.25) is 5.91 Å². The number of phenols is 1. The molecule has 0 saturated carbocycles. The van der Waals surface area contributed by atoms with E-state index in [-0.39, 0.29) is 22.0 Å². The highest BCUT2D eigenvalue weighted by Gasteiger charge is 2.35. The molecule has 1 atom stereocenters. The number of ether oxygens (including phenoxy) is 1. The number of carbonyl (C=O) groups is 3. The molecule has 0 saturated heterocycles. The number of carbonyl (C=O) groups excluding carboxylic acids is 3. The third-order valence-electron chi connectivity index (χ3n) is 4.27. The molecule has 2 amide bonds. The fourth-order valence-corrected chi connectivity index (χ4v) is 3.00. The van der Waals surface area contributed by atoms with E-state index in [1.165, 1.54) is 19.1 Å². The molecule has 7 nitrogen and oxygen atoms in total. The summed E-state index contributed by atoms with van der Waals surface area (Å²) in [7, 11) is 0. The summed E-state index contributed by atoms with van der Waals surface area (Å²) >= 11 is 5.78. The van der Waals surface area contributed by atoms with E-state index in [1.807, 2.05) is 0 Å². The molecule has 1 aliphatic heterocycles. The molecule has 0 aromatic heterocycles. The fourth-order valence-electron chi connectivity index (χ4n) is 2.83. The summed E-state index contributed by atoms with van der Waals surface area (Å²) in [6, 6.07) is 6.21. The van der Waals surface area contributed by atoms with Crippen molar-refractivity contribution in [3.8, 4) is 5.75 Å². The van der Waals surface area contributed by atoms with E-state index in [9.17, 15) is 32.7 Å². The molecule has 30 heavy (non-hydrogen) atoms. The number of benzene rings is 2. The number of amides is 2. The molecular formula is C19H14ClF3N2O5. The van der Waals surface area contributed by atoms with Crippen LogP contribution in [-0.4, -0.2) is 35.5 Å². The van der Waals surface area contributed by atoms with Crippen molar-refractivity contribution in [1.29, 1.82) is 0 Å². The van der Waals surface area contributed by atoms with Gasteiger partial charge in [0.05, 0.1) is 16.9 Å². The van der Waals surface area contributed by atoms with Gasteiger partial charge in [-0.1, -0.05) is 11.6 Å². The van der Waals surface area contributed by atoms with Gasteiger partial charge in [0.1, 0.15) is 17.9 Å². The number of hydrogen-bond donors (Lipinski definition) is 2. The van der Waals surface area contributed by atoms with Crippen molar-refractivity contribution in [3.63, 3.8) is 0 Å². The first-order valence-electron chi connectivity index (χ1n) is 8.49. The Kier molecular flexibility index (Phi) is 5.62. The second-order valence-electron chi connectivity index (χ2n) is 6.41. The lowest BCUT2D eigenvalue weighted by molar-refractivity contribution is -0.137. The second-order valence-corrected chi connectivity index (χ2v) is 6.85. The van der Waals surface area contributed by atoms with Crippen LogP contribution < -0.4 is 10.2 Å². The largest absolute Gasteiger partial charge is 0.507 e. The van der Waals surface area contributed by atoms with Crippen molar-refractivity contribution in [1.82, 2.24) is 0 Å². The Morgan fingerprint density at radius 2 is 1.93 bits per heavy atom. The first-order chi connectivity index (χ1) is 14.0. The smallest absolute Gasteiger partial charge is 0.416 e. The summed E-state index contributed by atoms with van der Waals surface area (Å²) < 4.78 is 43.8. The van der Waals surface area contributed by atoms with Gasteiger partial charge in [-0.25, -0.2) is 4.79 Å². The Balaban J connectivity index is 1.84. The number of rotatable bonds is 3. The fraction of sp³-hybridized carbons (Fsp3) is 0.211. The molecule has 2 N–H and O–H groups in total. The lowest BCUT2D eigenvalue weighted by Crippen LogP contribution is -2.47. The van der Waals surface area contributed by atoms with Crippen LogP contribution in [0.4, 0.5) is 24.5 Å². The van der Waals surface area contributed by atoms with Crippen molar-refractivity contribution in [2.24, 2.45) is 0 Å². The quantitative estimate of drug-likeness (QED) is 0.708. The Morgan fingerprint density at radius 3 is 2.60 bits per heavy atom. The van der Waals surface area contributed by atoms with E-state index in [1.54, 1.807) is 0 Å². The maximum Gasteiger partial charge on any atom is 0.416 e. The highest BCUT2D eigenvalue weighted by atomic mass is 35.5. The average Bonchev–Trinajstić information content (AvgIpc) is 2.67. The van der Waals surface area contributed by atoms with E-state index in [0.29, 0.717) is 6.07 Å². The summed E-state index contributed by atoms with van der Waals surface area (Å²) in [6.07, 6.45) is -6.04. The molecule has 0 spiro atoms. The summed E-state index contributed by atoms with van der Waals surface area (Å²) in [4.78, 5) is 37.9. The Bertz CT molecular complexity index is 1040. The van der Waals surface area contributed by atoms with E-state index in [4.69, 9.17) is 16.3 Å². The third kappa shape index (κ3) is 4.33. The number of nitrogens with one attached hydrogen (secondary N) is 1. The highest BCUT2D eigenvalue weighted by Crippen LogP contribution is 2.37. The lowest BCUT2D eigenvalue weighted by atomic mass is 10.1. The molecule has 3 rings (SSSR count). The number of anilines is 2. The third-order valence-corrected chi connectivity index (χ3v) is 4.50. The number of phenolic OH excluding ortho intramolecular Hbond substituents is 1. The lowest BCUT2D eigenvalue weighted by Gasteiger charge is -2.31. The van der Waals surface area contributed by atoms with Crippen LogP contribution in [0, 0.1) is 0 Å². The SMILES string of the molecule is CC(OC(=O)c1cc(Cl)ccc1O)C(=O)N1CC(=O)Nc2cc(C(F)(F)F)ccc21. The zero-order valence-corrected chi connectivity index (χ0v) is 16.0. The van der Waals surface area contributed by atoms with Crippen molar-refractivity contribution < 1.29 is 37.4 Å². The monoisotopic (exact) mass is 442 g/mol. The van der Waals surface area contributed by atoms with Crippen LogP contribution in [0.15, 0.2) is 36.4 Å². The minimum Gasteiger partial charge on any atom is -0.507 e. The minimum atomic E-state index is -4.63. The molecule has 2 aromatic rings. The Morgan fingerprint density at radius 1 is 1.23 bits per heavy atom. The first-order valence-corrected chi connectivity index (χ1v) is 8.87. The summed E-state index contributed by atoms with van der Waals surface area (Å²) in [5, 5.41) is 12.2. The molecule has 1 heterocycles. The van der Waals surface area contributed by atoms with Crippen LogP contribution in [0.25, 0.3) is 0 Å². The number of aromatic hydroxyl groups is 1. The van der Waals surface area contributed by atoms with Crippen LogP contribution >= 0.6 is 11.6 Å². The Labute approximate surface area is 173 Å². The number of esters is 1. The summed E-state index contributed by atoms with van der Waals surface area (Å²) in [5.41, 5.74) is -1.43. The maximum atomic E-state index is 12.9. The van der Waals surface area contributed by atoms with E-state index in [2.05, 4.69) is 5.32 Å². The van der Waals surface area contributed by atoms with E-state index >= 15 is 0 Å². The van der Waals surface area contributed by atoms with Gasteiger partial charge in [-0.15, -0.1) is 0 Å². The van der Waals surface area contributed by atoms with Gasteiger partial charge in [0.15, 0.2) is 6.10 Å². The van der Waals surface area contributed by atoms with Crippen molar-refractivity contribution in [2.45, 2.75) is 19.2 Å². The van der Waals surface area contributed by atoms with Crippen LogP contribution in [-0.2, 0) is 20.5 Å². The number of halogens is 4. The minimum absolute atomic E-state index is 0.0288. The normalized spacial score (nSPS) is 14.6. The zero-order valence-electron chi connectivity index (χ0n) is 15.3. The summed E-state index contributed by atoms with van der Waals surface area (Å²) in [5.74, 6) is -2.99. The van der Waals surface area contributed by atoms with Crippen molar-refractivity contribution >= 4 is 40.8 Å². The highest BCUT2D eigenvalue weighted by molar-refractivity contribution is 6.31. The molecule has 0 aliphatic carbocycles. The van der Waals surface area contributed by atoms with Crippen LogP contribution in [0.1, 0.15) is 22.8 Å². The van der Waals surface area contributed by atoms with Gasteiger partial charge in [-0.3, -0.25) is 14.5 Å².